The van der Waals surface area contributed by atoms with Gasteiger partial charge in [-0.3, -0.25) is 15.4 Å². The van der Waals surface area contributed by atoms with E-state index >= 15 is 0 Å². The monoisotopic (exact) mass is 252 g/mol. The van der Waals surface area contributed by atoms with E-state index in [1.165, 1.54) is 0 Å². The number of quaternary nitrogens is 1. The van der Waals surface area contributed by atoms with Gasteiger partial charge in [-0.1, -0.05) is 20.8 Å². The van der Waals surface area contributed by atoms with Gasteiger partial charge in [-0.2, -0.15) is 5.10 Å². The van der Waals surface area contributed by atoms with Crippen molar-refractivity contribution >= 4 is 11.5 Å². The minimum absolute atomic E-state index is 0.0510. The van der Waals surface area contributed by atoms with Crippen molar-refractivity contribution in [1.82, 2.24) is 9.78 Å². The van der Waals surface area contributed by atoms with Crippen LogP contribution < -0.4 is 11.1 Å². The molecule has 0 aliphatic carbocycles. The average molecular weight is 252 g/mol. The van der Waals surface area contributed by atoms with Gasteiger partial charge in [-0.25, -0.2) is 0 Å². The molecule has 0 fully saturated rings. The maximum atomic E-state index is 8.78. The van der Waals surface area contributed by atoms with Crippen molar-refractivity contribution in [3.05, 3.63) is 24.2 Å². The summed E-state index contributed by atoms with van der Waals surface area (Å²) in [6.07, 6.45) is 5.10. The summed E-state index contributed by atoms with van der Waals surface area (Å²) in [5, 5.41) is 22.4. The lowest BCUT2D eigenvalue weighted by Crippen LogP contribution is -2.81. The van der Waals surface area contributed by atoms with Crippen LogP contribution in [-0.2, 0) is 6.54 Å². The van der Waals surface area contributed by atoms with Crippen LogP contribution in [0.15, 0.2) is 24.2 Å². The zero-order chi connectivity index (χ0) is 13.8. The van der Waals surface area contributed by atoms with Crippen molar-refractivity contribution in [2.75, 3.05) is 6.61 Å². The van der Waals surface area contributed by atoms with Crippen LogP contribution in [0.4, 0.5) is 5.69 Å². The number of aliphatic hydroxyl groups is 1. The van der Waals surface area contributed by atoms with Crippen LogP contribution in [0.1, 0.15) is 20.8 Å². The van der Waals surface area contributed by atoms with E-state index in [4.69, 9.17) is 16.2 Å². The Hall–Kier alpha value is -1.66. The number of amidine groups is 1. The lowest BCUT2D eigenvalue weighted by atomic mass is 9.92. The maximum Gasteiger partial charge on any atom is 0.223 e. The standard InChI is InChI=1S/C12H21N5O/c1-12(2,3)10(13)6-11(14)16-9-7-15-17(8-9)4-5-18/h6-8,18H,4-5,13H2,1-3H3,(H2,14,16)/p+1. The second-order valence-electron chi connectivity index (χ2n) is 5.21. The SMILES string of the molecule is CC(C)(C)C(N)=CC(=N)[NH2+]c1cnn(CCO)c1. The Kier molecular flexibility index (Phi) is 4.63. The predicted octanol–water partition coefficient (Wildman–Crippen LogP) is -0.0637. The van der Waals surface area contributed by atoms with E-state index in [9.17, 15) is 0 Å². The maximum absolute atomic E-state index is 8.78. The third kappa shape index (κ3) is 4.31. The highest BCUT2D eigenvalue weighted by molar-refractivity contribution is 5.83. The summed E-state index contributed by atoms with van der Waals surface area (Å²) in [5.74, 6) is 0.339. The Balaban J connectivity index is 2.64. The molecule has 0 spiro atoms. The Bertz CT molecular complexity index is 442. The minimum atomic E-state index is -0.138. The number of rotatable bonds is 4. The smallest absolute Gasteiger partial charge is 0.223 e. The third-order valence-electron chi connectivity index (χ3n) is 2.48. The molecule has 0 aliphatic rings. The van der Waals surface area contributed by atoms with Crippen molar-refractivity contribution in [3.8, 4) is 0 Å². The highest BCUT2D eigenvalue weighted by atomic mass is 16.3. The lowest BCUT2D eigenvalue weighted by Gasteiger charge is -2.18. The van der Waals surface area contributed by atoms with Crippen molar-refractivity contribution < 1.29 is 10.4 Å². The summed E-state index contributed by atoms with van der Waals surface area (Å²) in [6, 6.07) is 0. The zero-order valence-corrected chi connectivity index (χ0v) is 11.1. The number of hydrogen-bond acceptors (Lipinski definition) is 4. The van der Waals surface area contributed by atoms with Crippen LogP contribution in [0.25, 0.3) is 0 Å². The van der Waals surface area contributed by atoms with Crippen LogP contribution >= 0.6 is 0 Å². The summed E-state index contributed by atoms with van der Waals surface area (Å²) in [4.78, 5) is 0. The van der Waals surface area contributed by atoms with Gasteiger partial charge >= 0.3 is 0 Å². The van der Waals surface area contributed by atoms with Gasteiger partial charge in [0.1, 0.15) is 6.20 Å². The van der Waals surface area contributed by atoms with E-state index in [1.54, 1.807) is 28.5 Å². The van der Waals surface area contributed by atoms with Crippen LogP contribution in [0, 0.1) is 10.8 Å². The van der Waals surface area contributed by atoms with Gasteiger partial charge in [0.05, 0.1) is 19.3 Å². The molecule has 0 aromatic carbocycles. The van der Waals surface area contributed by atoms with Crippen molar-refractivity contribution in [1.29, 1.82) is 5.41 Å². The normalized spacial score (nSPS) is 12.8. The molecular weight excluding hydrogens is 230 g/mol. The molecule has 6 nitrogen and oxygen atoms in total. The Morgan fingerprint density at radius 2 is 2.28 bits per heavy atom. The summed E-state index contributed by atoms with van der Waals surface area (Å²) in [7, 11) is 0. The van der Waals surface area contributed by atoms with Gasteiger partial charge in [-0.15, -0.1) is 0 Å². The summed E-state index contributed by atoms with van der Waals surface area (Å²) in [5.41, 5.74) is 7.26. The van der Waals surface area contributed by atoms with Crippen LogP contribution in [0.3, 0.4) is 0 Å². The van der Waals surface area contributed by atoms with E-state index in [0.717, 1.165) is 5.69 Å². The van der Waals surface area contributed by atoms with Crippen LogP contribution in [0.5, 0.6) is 0 Å². The highest BCUT2D eigenvalue weighted by Gasteiger charge is 2.15. The second kappa shape index (κ2) is 5.79. The molecule has 0 amide bonds. The predicted molar refractivity (Wildman–Crippen MR) is 70.4 cm³/mol. The molecule has 1 aromatic heterocycles. The minimum Gasteiger partial charge on any atom is -0.401 e. The van der Waals surface area contributed by atoms with Gasteiger partial charge in [0.2, 0.25) is 5.84 Å². The zero-order valence-electron chi connectivity index (χ0n) is 11.1. The molecule has 0 aliphatic heterocycles. The van der Waals surface area contributed by atoms with Gasteiger partial charge in [0, 0.05) is 17.2 Å². The van der Waals surface area contributed by atoms with E-state index in [0.29, 0.717) is 18.1 Å². The van der Waals surface area contributed by atoms with Crippen LogP contribution in [0.2, 0.25) is 0 Å². The topological polar surface area (TPSA) is 105 Å². The summed E-state index contributed by atoms with van der Waals surface area (Å²) < 4.78 is 1.63. The van der Waals surface area contributed by atoms with Crippen molar-refractivity contribution in [3.63, 3.8) is 0 Å². The van der Waals surface area contributed by atoms with Crippen molar-refractivity contribution in [2.24, 2.45) is 11.1 Å². The van der Waals surface area contributed by atoms with E-state index in [2.05, 4.69) is 5.10 Å². The van der Waals surface area contributed by atoms with Crippen molar-refractivity contribution in [2.45, 2.75) is 27.3 Å². The summed E-state index contributed by atoms with van der Waals surface area (Å²) in [6.45, 7) is 6.53. The number of nitrogens with one attached hydrogen (secondary N) is 1. The number of hydrogen-bond donors (Lipinski definition) is 4. The molecule has 1 rings (SSSR count). The molecule has 100 valence electrons. The number of aromatic nitrogens is 2. The number of aliphatic hydroxyl groups excluding tert-OH is 1. The second-order valence-corrected chi connectivity index (χ2v) is 5.21. The molecule has 0 radical (unpaired) electrons. The molecule has 18 heavy (non-hydrogen) atoms. The first-order valence-corrected chi connectivity index (χ1v) is 5.87. The van der Waals surface area contributed by atoms with Gasteiger partial charge < -0.3 is 10.8 Å². The van der Waals surface area contributed by atoms with Gasteiger partial charge in [0.25, 0.3) is 0 Å². The molecule has 0 atom stereocenters. The molecule has 6 heteroatoms. The molecule has 0 saturated heterocycles. The quantitative estimate of drug-likeness (QED) is 0.445. The average Bonchev–Trinajstić information content (AvgIpc) is 2.64. The Morgan fingerprint density at radius 1 is 1.61 bits per heavy atom. The van der Waals surface area contributed by atoms with E-state index in [1.807, 2.05) is 20.8 Å². The fourth-order valence-corrected chi connectivity index (χ4v) is 1.28. The number of allylic oxidation sites excluding steroid dienone is 1. The fraction of sp³-hybridized carbons (Fsp3) is 0.500. The molecule has 1 aromatic rings. The van der Waals surface area contributed by atoms with Crippen LogP contribution in [-0.4, -0.2) is 27.3 Å². The molecular formula is C12H22N5O+. The molecule has 0 saturated carbocycles. The summed E-state index contributed by atoms with van der Waals surface area (Å²) >= 11 is 0. The first-order valence-electron chi connectivity index (χ1n) is 5.87. The van der Waals surface area contributed by atoms with Gasteiger partial charge in [0.15, 0.2) is 5.69 Å². The fourth-order valence-electron chi connectivity index (χ4n) is 1.28. The Labute approximate surface area is 107 Å². The third-order valence-corrected chi connectivity index (χ3v) is 2.48. The lowest BCUT2D eigenvalue weighted by molar-refractivity contribution is -0.443. The number of nitrogens with zero attached hydrogens (tertiary/aromatic N) is 2. The first-order chi connectivity index (χ1) is 8.32. The first kappa shape index (κ1) is 14.4. The molecule has 0 unspecified atom stereocenters. The molecule has 1 heterocycles. The molecule has 6 N–H and O–H groups in total. The highest BCUT2D eigenvalue weighted by Crippen LogP contribution is 2.19. The Morgan fingerprint density at radius 3 is 2.83 bits per heavy atom. The largest absolute Gasteiger partial charge is 0.401 e. The van der Waals surface area contributed by atoms with E-state index < -0.39 is 0 Å². The van der Waals surface area contributed by atoms with Gasteiger partial charge in [-0.05, 0) is 0 Å². The molecule has 0 bridgehead atoms. The van der Waals surface area contributed by atoms with E-state index in [-0.39, 0.29) is 12.0 Å². The number of nitrogens with two attached hydrogens (primary N) is 2.